The number of hydrogen-bond acceptors (Lipinski definition) is 3. The van der Waals surface area contributed by atoms with Crippen molar-refractivity contribution in [3.63, 3.8) is 0 Å². The Morgan fingerprint density at radius 3 is 2.37 bits per heavy atom. The van der Waals surface area contributed by atoms with Crippen LogP contribution in [0, 0.1) is 11.8 Å². The number of nitrogens with two attached hydrogens (primary N) is 1. The van der Waals surface area contributed by atoms with Crippen molar-refractivity contribution in [1.29, 1.82) is 0 Å². The van der Waals surface area contributed by atoms with Gasteiger partial charge in [-0.2, -0.15) is 13.2 Å². The molecule has 3 N–H and O–H groups in total. The topological polar surface area (TPSA) is 64.3 Å². The number of amides is 1. The summed E-state index contributed by atoms with van der Waals surface area (Å²) in [5.41, 5.74) is 5.47. The molecule has 112 valence electrons. The summed E-state index contributed by atoms with van der Waals surface area (Å²) in [6, 6.07) is -0.280. The van der Waals surface area contributed by atoms with E-state index in [1.165, 1.54) is 7.11 Å². The second kappa shape index (κ2) is 7.09. The third kappa shape index (κ3) is 4.99. The number of carbonyl (C=O) groups excluding carboxylic acids is 1. The van der Waals surface area contributed by atoms with Crippen LogP contribution in [0.2, 0.25) is 0 Å². The lowest BCUT2D eigenvalue weighted by Crippen LogP contribution is -2.46. The van der Waals surface area contributed by atoms with E-state index in [1.54, 1.807) is 0 Å². The Kier molecular flexibility index (Phi) is 6.06. The third-order valence-electron chi connectivity index (χ3n) is 3.56. The highest BCUT2D eigenvalue weighted by Gasteiger charge is 2.42. The van der Waals surface area contributed by atoms with Crippen molar-refractivity contribution < 1.29 is 22.7 Å². The summed E-state index contributed by atoms with van der Waals surface area (Å²) in [6.45, 7) is 0.553. The second-order valence-electron chi connectivity index (χ2n) is 4.99. The van der Waals surface area contributed by atoms with Gasteiger partial charge in [0.15, 0.2) is 0 Å². The zero-order chi connectivity index (χ0) is 14.5. The molecule has 1 unspecified atom stereocenters. The van der Waals surface area contributed by atoms with Crippen LogP contribution in [0.5, 0.6) is 0 Å². The normalized spacial score (nSPS) is 25.9. The molecular weight excluding hydrogens is 261 g/mol. The Labute approximate surface area is 110 Å². The fourth-order valence-corrected chi connectivity index (χ4v) is 2.37. The highest BCUT2D eigenvalue weighted by Crippen LogP contribution is 2.39. The van der Waals surface area contributed by atoms with Gasteiger partial charge in [-0.3, -0.25) is 4.79 Å². The average molecular weight is 282 g/mol. The molecule has 1 amide bonds. The van der Waals surface area contributed by atoms with Gasteiger partial charge in [-0.25, -0.2) is 0 Å². The molecule has 1 saturated carbocycles. The van der Waals surface area contributed by atoms with E-state index in [1.807, 2.05) is 0 Å². The van der Waals surface area contributed by atoms with Crippen LogP contribution in [0.25, 0.3) is 0 Å². The van der Waals surface area contributed by atoms with Gasteiger partial charge in [-0.1, -0.05) is 0 Å². The van der Waals surface area contributed by atoms with Crippen molar-refractivity contribution in [3.8, 4) is 0 Å². The first kappa shape index (κ1) is 16.2. The van der Waals surface area contributed by atoms with Gasteiger partial charge in [-0.05, 0) is 25.7 Å². The first-order valence-corrected chi connectivity index (χ1v) is 6.44. The Morgan fingerprint density at radius 2 is 1.95 bits per heavy atom. The van der Waals surface area contributed by atoms with Crippen molar-refractivity contribution in [2.75, 3.05) is 20.3 Å². The molecule has 1 fully saturated rings. The molecule has 0 heterocycles. The van der Waals surface area contributed by atoms with Crippen LogP contribution in [0.4, 0.5) is 13.2 Å². The zero-order valence-corrected chi connectivity index (χ0v) is 11.0. The van der Waals surface area contributed by atoms with Crippen LogP contribution < -0.4 is 11.1 Å². The molecule has 0 saturated heterocycles. The molecule has 0 aromatic rings. The van der Waals surface area contributed by atoms with Crippen molar-refractivity contribution in [1.82, 2.24) is 5.32 Å². The molecule has 0 radical (unpaired) electrons. The molecule has 4 nitrogen and oxygen atoms in total. The van der Waals surface area contributed by atoms with Crippen molar-refractivity contribution in [2.24, 2.45) is 17.6 Å². The smallest absolute Gasteiger partial charge is 0.383 e. The maximum absolute atomic E-state index is 12.5. The van der Waals surface area contributed by atoms with E-state index in [9.17, 15) is 18.0 Å². The van der Waals surface area contributed by atoms with Crippen molar-refractivity contribution >= 4 is 5.91 Å². The number of carbonyl (C=O) groups is 1. The number of ether oxygens (including phenoxy) is 1. The lowest BCUT2D eigenvalue weighted by molar-refractivity contribution is -0.184. The molecule has 1 aliphatic carbocycles. The van der Waals surface area contributed by atoms with Gasteiger partial charge in [0.1, 0.15) is 0 Å². The summed E-state index contributed by atoms with van der Waals surface area (Å²) >= 11 is 0. The molecule has 0 aromatic heterocycles. The SMILES string of the molecule is COCC(CN)NC(=O)C1CCC(C(F)(F)F)CC1. The maximum atomic E-state index is 12.5. The second-order valence-corrected chi connectivity index (χ2v) is 4.99. The third-order valence-corrected chi connectivity index (χ3v) is 3.56. The lowest BCUT2D eigenvalue weighted by atomic mass is 9.81. The summed E-state index contributed by atoms with van der Waals surface area (Å²) in [7, 11) is 1.50. The number of methoxy groups -OCH3 is 1. The Hall–Kier alpha value is -0.820. The van der Waals surface area contributed by atoms with Gasteiger partial charge >= 0.3 is 6.18 Å². The molecule has 0 aromatic carbocycles. The van der Waals surface area contributed by atoms with E-state index < -0.39 is 12.1 Å². The van der Waals surface area contributed by atoms with Crippen LogP contribution in [0.1, 0.15) is 25.7 Å². The number of halogens is 3. The van der Waals surface area contributed by atoms with Gasteiger partial charge in [0.05, 0.1) is 18.6 Å². The fraction of sp³-hybridized carbons (Fsp3) is 0.917. The summed E-state index contributed by atoms with van der Waals surface area (Å²) in [4.78, 5) is 11.9. The lowest BCUT2D eigenvalue weighted by Gasteiger charge is -2.30. The molecule has 1 rings (SSSR count). The Balaban J connectivity index is 2.40. The van der Waals surface area contributed by atoms with Crippen LogP contribution >= 0.6 is 0 Å². The minimum atomic E-state index is -4.14. The maximum Gasteiger partial charge on any atom is 0.391 e. The largest absolute Gasteiger partial charge is 0.391 e. The van der Waals surface area contributed by atoms with Crippen LogP contribution in [0.15, 0.2) is 0 Å². The molecule has 1 aliphatic rings. The summed E-state index contributed by atoms with van der Waals surface area (Å²) < 4.78 is 42.4. The first-order valence-electron chi connectivity index (χ1n) is 6.44. The molecule has 0 bridgehead atoms. The number of alkyl halides is 3. The Morgan fingerprint density at radius 1 is 1.37 bits per heavy atom. The fourth-order valence-electron chi connectivity index (χ4n) is 2.37. The Bertz CT molecular complexity index is 289. The van der Waals surface area contributed by atoms with Crippen LogP contribution in [-0.4, -0.2) is 38.4 Å². The quantitative estimate of drug-likeness (QED) is 0.802. The van der Waals surface area contributed by atoms with E-state index in [0.29, 0.717) is 6.61 Å². The standard InChI is InChI=1S/C12H21F3N2O2/c1-19-7-10(6-16)17-11(18)8-2-4-9(5-3-8)12(13,14)15/h8-10H,2-7,16H2,1H3,(H,17,18). The van der Waals surface area contributed by atoms with Crippen LogP contribution in [-0.2, 0) is 9.53 Å². The molecule has 19 heavy (non-hydrogen) atoms. The minimum absolute atomic E-state index is 0.0269. The molecule has 0 aliphatic heterocycles. The predicted octanol–water partition coefficient (Wildman–Crippen LogP) is 1.45. The highest BCUT2D eigenvalue weighted by molar-refractivity contribution is 5.79. The van der Waals surface area contributed by atoms with Gasteiger partial charge in [0, 0.05) is 19.6 Å². The molecule has 7 heteroatoms. The first-order chi connectivity index (χ1) is 8.88. The predicted molar refractivity (Wildman–Crippen MR) is 64.4 cm³/mol. The number of nitrogens with one attached hydrogen (secondary N) is 1. The summed E-state index contributed by atoms with van der Waals surface area (Å²) in [5, 5.41) is 2.72. The van der Waals surface area contributed by atoms with E-state index in [4.69, 9.17) is 10.5 Å². The molecule has 0 spiro atoms. The van der Waals surface area contributed by atoms with Gasteiger partial charge in [0.2, 0.25) is 5.91 Å². The summed E-state index contributed by atoms with van der Waals surface area (Å²) in [5.74, 6) is -1.82. The molecule has 1 atom stereocenters. The van der Waals surface area contributed by atoms with Crippen molar-refractivity contribution in [2.45, 2.75) is 37.9 Å². The van der Waals surface area contributed by atoms with E-state index in [2.05, 4.69) is 5.32 Å². The number of rotatable bonds is 5. The minimum Gasteiger partial charge on any atom is -0.383 e. The van der Waals surface area contributed by atoms with Gasteiger partial charge in [-0.15, -0.1) is 0 Å². The van der Waals surface area contributed by atoms with Gasteiger partial charge < -0.3 is 15.8 Å². The van der Waals surface area contributed by atoms with E-state index in [-0.39, 0.29) is 50.1 Å². The summed E-state index contributed by atoms with van der Waals surface area (Å²) in [6.07, 6.45) is -3.53. The van der Waals surface area contributed by atoms with E-state index in [0.717, 1.165) is 0 Å². The molecular formula is C12H21F3N2O2. The van der Waals surface area contributed by atoms with Crippen LogP contribution in [0.3, 0.4) is 0 Å². The average Bonchev–Trinajstić information content (AvgIpc) is 2.37. The van der Waals surface area contributed by atoms with E-state index >= 15 is 0 Å². The number of hydrogen-bond donors (Lipinski definition) is 2. The highest BCUT2D eigenvalue weighted by atomic mass is 19.4. The van der Waals surface area contributed by atoms with Crippen molar-refractivity contribution in [3.05, 3.63) is 0 Å². The monoisotopic (exact) mass is 282 g/mol. The van der Waals surface area contributed by atoms with Gasteiger partial charge in [0.25, 0.3) is 0 Å². The zero-order valence-electron chi connectivity index (χ0n) is 11.0.